The van der Waals surface area contributed by atoms with Crippen molar-refractivity contribution in [3.8, 4) is 23.0 Å². The number of carbonyl (C=O) groups is 2. The summed E-state index contributed by atoms with van der Waals surface area (Å²) in [6, 6.07) is 8.62. The molecule has 44 heavy (non-hydrogen) atoms. The molecule has 6 rings (SSSR count). The maximum Gasteiger partial charge on any atom is 0.338 e. The van der Waals surface area contributed by atoms with Crippen molar-refractivity contribution in [3.05, 3.63) is 47.2 Å². The van der Waals surface area contributed by atoms with Crippen LogP contribution in [0.5, 0.6) is 23.0 Å². The van der Waals surface area contributed by atoms with Gasteiger partial charge in [0.05, 0.1) is 57.1 Å². The summed E-state index contributed by atoms with van der Waals surface area (Å²) >= 11 is 0. The number of rotatable bonds is 8. The van der Waals surface area contributed by atoms with Crippen LogP contribution < -0.4 is 18.9 Å². The lowest BCUT2D eigenvalue weighted by Gasteiger charge is -2.54. The third kappa shape index (κ3) is 4.92. The molecular formula is C33H40N2O9. The third-order valence-electron chi connectivity index (χ3n) is 9.65. The topological polar surface area (TPSA) is 118 Å². The summed E-state index contributed by atoms with van der Waals surface area (Å²) in [4.78, 5) is 33.5. The van der Waals surface area contributed by atoms with Crippen molar-refractivity contribution in [1.29, 1.82) is 0 Å². The van der Waals surface area contributed by atoms with Gasteiger partial charge in [0.2, 0.25) is 5.75 Å². The number of nitrogens with one attached hydrogen (secondary N) is 1. The number of hydrogen-bond acceptors (Lipinski definition) is 10. The summed E-state index contributed by atoms with van der Waals surface area (Å²) in [6.45, 7) is 1.69. The highest BCUT2D eigenvalue weighted by Gasteiger charge is 2.57. The molecule has 3 aliphatic rings. The van der Waals surface area contributed by atoms with Gasteiger partial charge in [0, 0.05) is 36.3 Å². The van der Waals surface area contributed by atoms with Crippen molar-refractivity contribution in [2.75, 3.05) is 55.7 Å². The fourth-order valence-electron chi connectivity index (χ4n) is 7.74. The van der Waals surface area contributed by atoms with Crippen molar-refractivity contribution in [2.24, 2.45) is 17.8 Å². The third-order valence-corrected chi connectivity index (χ3v) is 9.65. The van der Waals surface area contributed by atoms with E-state index in [1.54, 1.807) is 7.11 Å². The fourth-order valence-corrected chi connectivity index (χ4v) is 7.74. The predicted molar refractivity (Wildman–Crippen MR) is 161 cm³/mol. The lowest BCUT2D eigenvalue weighted by Crippen LogP contribution is -2.59. The second-order valence-electron chi connectivity index (χ2n) is 11.5. The summed E-state index contributed by atoms with van der Waals surface area (Å²) in [5, 5.41) is 1.14. The quantitative estimate of drug-likeness (QED) is 0.293. The van der Waals surface area contributed by atoms with Gasteiger partial charge >= 0.3 is 11.9 Å². The van der Waals surface area contributed by atoms with Crippen LogP contribution in [0.2, 0.25) is 0 Å². The highest BCUT2D eigenvalue weighted by Crippen LogP contribution is 2.53. The molecule has 0 amide bonds. The van der Waals surface area contributed by atoms with E-state index in [4.69, 9.17) is 37.3 Å². The molecule has 3 aromatic rings. The molecule has 1 saturated carbocycles. The number of nitrogens with zero attached hydrogens (tertiary/aromatic N) is 1. The molecule has 1 aliphatic carbocycles. The first-order valence-corrected chi connectivity index (χ1v) is 14.7. The van der Waals surface area contributed by atoms with E-state index < -0.39 is 37.1 Å². The fraction of sp³-hybridized carbons (Fsp3) is 0.515. The number of fused-ring (bicyclic) bond motifs is 7. The Morgan fingerprint density at radius 1 is 0.977 bits per heavy atom. The summed E-state index contributed by atoms with van der Waals surface area (Å²) in [5.74, 6) is -1.42. The maximum absolute atomic E-state index is 13.7. The Morgan fingerprint density at radius 2 is 1.75 bits per heavy atom. The van der Waals surface area contributed by atoms with Crippen molar-refractivity contribution < 1.29 is 46.9 Å². The average molecular weight is 613 g/mol. The van der Waals surface area contributed by atoms with E-state index in [2.05, 4.69) is 16.0 Å². The second-order valence-corrected chi connectivity index (χ2v) is 11.5. The maximum atomic E-state index is 13.7. The van der Waals surface area contributed by atoms with E-state index in [-0.39, 0.29) is 40.7 Å². The minimum atomic E-state index is -2.77. The minimum absolute atomic E-state index is 0.0108. The zero-order chi connectivity index (χ0) is 33.6. The van der Waals surface area contributed by atoms with Crippen molar-refractivity contribution in [1.82, 2.24) is 9.88 Å². The van der Waals surface area contributed by atoms with E-state index in [1.165, 1.54) is 46.1 Å². The number of piperidine rings is 1. The number of hydrogen-bond donors (Lipinski definition) is 1. The van der Waals surface area contributed by atoms with Gasteiger partial charge in [-0.05, 0) is 67.5 Å². The van der Waals surface area contributed by atoms with Gasteiger partial charge in [-0.2, -0.15) is 0 Å². The number of carbonyl (C=O) groups excluding carboxylic acids is 2. The zero-order valence-corrected chi connectivity index (χ0v) is 25.5. The number of benzene rings is 2. The first kappa shape index (κ1) is 26.4. The van der Waals surface area contributed by atoms with Crippen LogP contribution in [0.4, 0.5) is 0 Å². The SMILES string of the molecule is [2H][13C]([2H])([2H])Oc1c(OC)cc(C(=O)O[C@@H]2C[C@@H]3CCN4CCc5c([nH]c6cc(OC)ccc56)[C@H]4[C@@H]3[C@H](C(=O)OC)[C@H]2OC)cc1OC. The molecule has 11 nitrogen and oxygen atoms in total. The van der Waals surface area contributed by atoms with Gasteiger partial charge in [-0.25, -0.2) is 4.79 Å². The van der Waals surface area contributed by atoms with Crippen LogP contribution in [0, 0.1) is 17.8 Å². The predicted octanol–water partition coefficient (Wildman–Crippen LogP) is 4.17. The summed E-state index contributed by atoms with van der Waals surface area (Å²) < 4.78 is 61.2. The zero-order valence-electron chi connectivity index (χ0n) is 28.5. The van der Waals surface area contributed by atoms with Crippen LogP contribution in [-0.2, 0) is 25.4 Å². The summed E-state index contributed by atoms with van der Waals surface area (Å²) in [6.07, 6.45) is 0.616. The number of aromatic amines is 1. The van der Waals surface area contributed by atoms with Gasteiger partial charge < -0.3 is 38.1 Å². The lowest BCUT2D eigenvalue weighted by atomic mass is 9.61. The Bertz CT molecular complexity index is 1630. The van der Waals surface area contributed by atoms with Gasteiger partial charge in [0.15, 0.2) is 11.5 Å². The molecule has 1 N–H and O–H groups in total. The van der Waals surface area contributed by atoms with Crippen LogP contribution >= 0.6 is 0 Å². The molecule has 1 saturated heterocycles. The van der Waals surface area contributed by atoms with Crippen molar-refractivity contribution >= 4 is 22.8 Å². The van der Waals surface area contributed by atoms with E-state index in [9.17, 15) is 9.59 Å². The van der Waals surface area contributed by atoms with Crippen molar-refractivity contribution in [3.63, 3.8) is 0 Å². The van der Waals surface area contributed by atoms with Crippen LogP contribution in [0.3, 0.4) is 0 Å². The smallest absolute Gasteiger partial charge is 0.338 e. The highest BCUT2D eigenvalue weighted by atomic mass is 16.6. The minimum Gasteiger partial charge on any atom is -0.497 e. The Hall–Kier alpha value is -3.96. The summed E-state index contributed by atoms with van der Waals surface area (Å²) in [7, 11) is 4.40. The molecule has 0 unspecified atom stereocenters. The second kappa shape index (κ2) is 12.2. The number of ether oxygens (including phenoxy) is 7. The number of H-pyrrole nitrogens is 1. The van der Waals surface area contributed by atoms with E-state index in [0.29, 0.717) is 6.42 Å². The Morgan fingerprint density at radius 3 is 2.41 bits per heavy atom. The highest BCUT2D eigenvalue weighted by molar-refractivity contribution is 5.91. The van der Waals surface area contributed by atoms with Crippen LogP contribution in [-0.4, -0.2) is 89.7 Å². The van der Waals surface area contributed by atoms with Gasteiger partial charge in [-0.1, -0.05) is 0 Å². The molecule has 236 valence electrons. The van der Waals surface area contributed by atoms with E-state index in [1.807, 2.05) is 12.1 Å². The van der Waals surface area contributed by atoms with Crippen LogP contribution in [0.1, 0.15) is 44.6 Å². The van der Waals surface area contributed by atoms with Gasteiger partial charge in [0.1, 0.15) is 18.0 Å². The summed E-state index contributed by atoms with van der Waals surface area (Å²) in [5.41, 5.74) is 3.37. The van der Waals surface area contributed by atoms with Crippen LogP contribution in [0.15, 0.2) is 30.3 Å². The Balaban J connectivity index is 1.34. The number of methoxy groups -OCH3 is 6. The standard InChI is InChI=1S/C33H40N2O9/c1-38-19-7-8-20-21-10-12-35-11-9-17-13-25(44-32(36)18-14-23(39-2)30(41-4)24(15-18)40-3)31(42-5)27(33(37)43-6)26(17)29(35)28(21)34-22(20)16-19/h7-8,14-17,25-27,29,31,34H,9-13H2,1-6H3/t17-,25+,26-,27-,29+,31-/m0/s1/i4+1D3. The molecule has 11 heteroatoms. The van der Waals surface area contributed by atoms with Gasteiger partial charge in [-0.15, -0.1) is 0 Å². The van der Waals surface area contributed by atoms with E-state index in [0.717, 1.165) is 48.3 Å². The molecule has 0 bridgehead atoms. The molecule has 2 aliphatic heterocycles. The molecular weight excluding hydrogens is 569 g/mol. The molecule has 0 spiro atoms. The molecule has 2 aromatic carbocycles. The van der Waals surface area contributed by atoms with Gasteiger partial charge in [0.25, 0.3) is 0 Å². The van der Waals surface area contributed by atoms with Gasteiger partial charge in [-0.3, -0.25) is 9.69 Å². The van der Waals surface area contributed by atoms with Crippen molar-refractivity contribution in [2.45, 2.75) is 37.5 Å². The first-order valence-electron chi connectivity index (χ1n) is 16.2. The molecule has 3 heterocycles. The monoisotopic (exact) mass is 612 g/mol. The molecule has 0 radical (unpaired) electrons. The Labute approximate surface area is 260 Å². The molecule has 1 aromatic heterocycles. The molecule has 6 atom stereocenters. The Kier molecular flexibility index (Phi) is 7.33. The van der Waals surface area contributed by atoms with Crippen LogP contribution in [0.25, 0.3) is 10.9 Å². The normalized spacial score (nSPS) is 27.4. The first-order chi connectivity index (χ1) is 22.5. The molecule has 2 fully saturated rings. The van der Waals surface area contributed by atoms with E-state index >= 15 is 0 Å². The average Bonchev–Trinajstić information content (AvgIpc) is 3.44. The number of esters is 2. The lowest BCUT2D eigenvalue weighted by molar-refractivity contribution is -0.180. The number of aromatic nitrogens is 1. The largest absolute Gasteiger partial charge is 0.497 e.